The normalized spacial score (nSPS) is 20.5. The van der Waals surface area contributed by atoms with Crippen molar-refractivity contribution in [3.63, 3.8) is 0 Å². The van der Waals surface area contributed by atoms with Crippen molar-refractivity contribution in [3.05, 3.63) is 0 Å². The topological polar surface area (TPSA) is 3.24 Å². The Hall–Kier alpha value is 1.19. The molecule has 1 rings (SSSR count). The summed E-state index contributed by atoms with van der Waals surface area (Å²) in [5.41, 5.74) is 0. The molecule has 1 aliphatic heterocycles. The molecule has 1 aliphatic rings. The van der Waals surface area contributed by atoms with Gasteiger partial charge in [-0.3, -0.25) is 0 Å². The predicted molar refractivity (Wildman–Crippen MR) is 41.0 cm³/mol. The van der Waals surface area contributed by atoms with E-state index >= 15 is 0 Å². The predicted octanol–water partition coefficient (Wildman–Crippen LogP) is 2.13. The zero-order valence-corrected chi connectivity index (χ0v) is 12.7. The van der Waals surface area contributed by atoms with E-state index in [1.807, 2.05) is 0 Å². The van der Waals surface area contributed by atoms with Gasteiger partial charge in [0.25, 0.3) is 0 Å². The van der Waals surface area contributed by atoms with Crippen LogP contribution in [-0.4, -0.2) is 24.5 Å². The molecule has 0 radical (unpaired) electrons. The summed E-state index contributed by atoms with van der Waals surface area (Å²) in [6.45, 7) is 3.99. The first kappa shape index (κ1) is 9.27. The van der Waals surface area contributed by atoms with E-state index in [2.05, 4.69) is 4.90 Å². The second-order valence-corrected chi connectivity index (χ2v) is 10.5. The second-order valence-electron chi connectivity index (χ2n) is 2.94. The molecule has 0 amide bonds. The van der Waals surface area contributed by atoms with Crippen molar-refractivity contribution >= 4 is 8.25 Å². The fourth-order valence-corrected chi connectivity index (χ4v) is 4.72. The molecule has 1 nitrogen and oxygen atoms in total. The third kappa shape index (κ3) is 3.54. The van der Waals surface area contributed by atoms with Crippen LogP contribution in [0.25, 0.3) is 0 Å². The van der Waals surface area contributed by atoms with E-state index < -0.39 is 23.3 Å². The molecule has 0 spiro atoms. The van der Waals surface area contributed by atoms with Gasteiger partial charge in [0.15, 0.2) is 0 Å². The van der Waals surface area contributed by atoms with Crippen LogP contribution in [0, 0.1) is 0 Å². The van der Waals surface area contributed by atoms with Crippen molar-refractivity contribution in [3.8, 4) is 0 Å². The molecule has 0 atom stereocenters. The van der Waals surface area contributed by atoms with Crippen LogP contribution in [0.3, 0.4) is 0 Å². The van der Waals surface area contributed by atoms with Crippen LogP contribution in [0.2, 0.25) is 3.93 Å². The Bertz CT molecular complexity index is 83.7. The molecule has 1 fully saturated rings. The summed E-state index contributed by atoms with van der Waals surface area (Å²) in [5.74, 6) is 0. The van der Waals surface area contributed by atoms with Crippen LogP contribution >= 0.6 is 8.25 Å². The van der Waals surface area contributed by atoms with Gasteiger partial charge in [-0.25, -0.2) is 0 Å². The Balaban J connectivity index is 2.02. The van der Waals surface area contributed by atoms with Gasteiger partial charge in [-0.15, -0.1) is 0 Å². The van der Waals surface area contributed by atoms with Gasteiger partial charge >= 0.3 is 79.3 Å². The summed E-state index contributed by atoms with van der Waals surface area (Å²) < 4.78 is 1.38. The molecule has 0 aromatic rings. The molecule has 0 aliphatic carbocycles. The minimum atomic E-state index is -0.810. The van der Waals surface area contributed by atoms with Crippen LogP contribution in [0.1, 0.15) is 19.3 Å². The Morgan fingerprint density at radius 2 is 1.90 bits per heavy atom. The Labute approximate surface area is 79.0 Å². The fraction of sp³-hybridized carbons (Fsp3) is 1.00. The summed E-state index contributed by atoms with van der Waals surface area (Å²) >= 11 is -0.810. The van der Waals surface area contributed by atoms with Gasteiger partial charge in [-0.2, -0.15) is 0 Å². The number of hydrogen-bond donors (Lipinski definition) is 0. The van der Waals surface area contributed by atoms with Gasteiger partial charge in [0.05, 0.1) is 0 Å². The Morgan fingerprint density at radius 1 is 1.20 bits per heavy atom. The monoisotopic (exact) mass is 349 g/mol. The molecule has 0 unspecified atom stereocenters. The van der Waals surface area contributed by atoms with E-state index in [0.29, 0.717) is 0 Å². The molecule has 1 heterocycles. The van der Waals surface area contributed by atoms with E-state index in [0.717, 1.165) is 0 Å². The number of halogens is 1. The zero-order valence-electron chi connectivity index (χ0n) is 6.48. The van der Waals surface area contributed by atoms with E-state index in [4.69, 9.17) is 8.25 Å². The van der Waals surface area contributed by atoms with E-state index in [1.165, 1.54) is 42.8 Å². The summed E-state index contributed by atoms with van der Waals surface area (Å²) in [6.07, 6.45) is 4.28. The van der Waals surface area contributed by atoms with E-state index in [9.17, 15) is 0 Å². The molecule has 0 saturated carbocycles. The summed E-state index contributed by atoms with van der Waals surface area (Å²) in [7, 11) is 5.82. The first-order chi connectivity index (χ1) is 4.93. The molecule has 0 aromatic heterocycles. The van der Waals surface area contributed by atoms with Crippen molar-refractivity contribution in [2.45, 2.75) is 23.2 Å². The van der Waals surface area contributed by atoms with Gasteiger partial charge in [0.1, 0.15) is 0 Å². The van der Waals surface area contributed by atoms with E-state index in [1.54, 1.807) is 0 Å². The molecular formula is C7H14ClHgN. The van der Waals surface area contributed by atoms with Crippen molar-refractivity contribution in [2.24, 2.45) is 0 Å². The van der Waals surface area contributed by atoms with Crippen molar-refractivity contribution in [1.29, 1.82) is 0 Å². The first-order valence-electron chi connectivity index (χ1n) is 4.22. The maximum absolute atomic E-state index is 5.82. The number of nitrogens with zero attached hydrogens (tertiary/aromatic N) is 1. The van der Waals surface area contributed by atoms with Crippen LogP contribution in [0.15, 0.2) is 0 Å². The van der Waals surface area contributed by atoms with Crippen LogP contribution in [0.5, 0.6) is 0 Å². The van der Waals surface area contributed by atoms with Crippen LogP contribution < -0.4 is 0 Å². The molecule has 0 N–H and O–H groups in total. The molecule has 1 saturated heterocycles. The van der Waals surface area contributed by atoms with E-state index in [-0.39, 0.29) is 0 Å². The summed E-state index contributed by atoms with van der Waals surface area (Å²) in [6, 6.07) is 0. The number of likely N-dealkylation sites (tertiary alicyclic amines) is 1. The third-order valence-corrected chi connectivity index (χ3v) is 6.67. The van der Waals surface area contributed by atoms with Gasteiger partial charge < -0.3 is 0 Å². The SMILES string of the molecule is [Cl][Hg][CH2]CN1CCCCC1. The van der Waals surface area contributed by atoms with Crippen LogP contribution in [0.4, 0.5) is 0 Å². The molecular weight excluding hydrogens is 334 g/mol. The van der Waals surface area contributed by atoms with Gasteiger partial charge in [0.2, 0.25) is 0 Å². The Morgan fingerprint density at radius 3 is 2.50 bits per heavy atom. The molecule has 3 heteroatoms. The number of piperidine rings is 1. The average molecular weight is 348 g/mol. The molecule has 10 heavy (non-hydrogen) atoms. The summed E-state index contributed by atoms with van der Waals surface area (Å²) in [4.78, 5) is 2.58. The van der Waals surface area contributed by atoms with Gasteiger partial charge in [-0.1, -0.05) is 0 Å². The van der Waals surface area contributed by atoms with Crippen molar-refractivity contribution < 1.29 is 23.3 Å². The Kier molecular flexibility index (Phi) is 5.37. The van der Waals surface area contributed by atoms with Crippen molar-refractivity contribution in [1.82, 2.24) is 4.90 Å². The van der Waals surface area contributed by atoms with Gasteiger partial charge in [-0.05, 0) is 0 Å². The number of rotatable bonds is 3. The quantitative estimate of drug-likeness (QED) is 0.707. The second kappa shape index (κ2) is 5.79. The standard InChI is InChI=1S/C7H14N.ClH.Hg/c1-2-8-6-4-3-5-7-8;;/h1-7H2;1H;/q;;+1/p-1. The third-order valence-electron chi connectivity index (χ3n) is 2.06. The minimum absolute atomic E-state index is 0.810. The first-order valence-corrected chi connectivity index (χ1v) is 14.9. The fourth-order valence-electron chi connectivity index (χ4n) is 1.47. The van der Waals surface area contributed by atoms with Crippen molar-refractivity contribution in [2.75, 3.05) is 19.6 Å². The molecule has 56 valence electrons. The molecule has 0 aromatic carbocycles. The average Bonchev–Trinajstić information content (AvgIpc) is 2.03. The zero-order chi connectivity index (χ0) is 7.23. The van der Waals surface area contributed by atoms with Crippen LogP contribution in [-0.2, 0) is 23.3 Å². The molecule has 0 bridgehead atoms. The maximum atomic E-state index is 5.82. The number of hydrogen-bond acceptors (Lipinski definition) is 1. The summed E-state index contributed by atoms with van der Waals surface area (Å²) in [5, 5.41) is 0. The van der Waals surface area contributed by atoms with Gasteiger partial charge in [0, 0.05) is 0 Å².